The number of nitrogens with one attached hydrogen (secondary N) is 2. The van der Waals surface area contributed by atoms with E-state index in [2.05, 4.69) is 20.3 Å². The van der Waals surface area contributed by atoms with Gasteiger partial charge in [-0.05, 0) is 60.0 Å². The van der Waals surface area contributed by atoms with E-state index in [0.29, 0.717) is 29.6 Å². The van der Waals surface area contributed by atoms with Crippen molar-refractivity contribution >= 4 is 34.2 Å². The maximum Gasteiger partial charge on any atom is 0.239 e. The van der Waals surface area contributed by atoms with Gasteiger partial charge < -0.3 is 15.4 Å². The van der Waals surface area contributed by atoms with Crippen molar-refractivity contribution in [2.45, 2.75) is 19.1 Å². The molecule has 172 valence electrons. The third-order valence-corrected chi connectivity index (χ3v) is 6.26. The molecule has 0 spiro atoms. The van der Waals surface area contributed by atoms with E-state index in [9.17, 15) is 9.90 Å². The molecular formula is C26H24ClN5O2. The zero-order chi connectivity index (χ0) is 23.7. The van der Waals surface area contributed by atoms with Crippen LogP contribution in [0.1, 0.15) is 34.7 Å². The first-order chi connectivity index (χ1) is 16.5. The number of nitrogens with zero attached hydrogens (tertiary/aromatic N) is 3. The van der Waals surface area contributed by atoms with Crippen molar-refractivity contribution in [2.24, 2.45) is 0 Å². The summed E-state index contributed by atoms with van der Waals surface area (Å²) in [5.74, 6) is -0.427. The van der Waals surface area contributed by atoms with Crippen LogP contribution in [0.4, 0.5) is 5.69 Å². The Morgan fingerprint density at radius 1 is 1.18 bits per heavy atom. The maximum absolute atomic E-state index is 13.5. The maximum atomic E-state index is 13.5. The Morgan fingerprint density at radius 3 is 2.74 bits per heavy atom. The van der Waals surface area contributed by atoms with Crippen LogP contribution in [0.3, 0.4) is 0 Å². The molecular weight excluding hydrogens is 450 g/mol. The molecule has 2 unspecified atom stereocenters. The Balaban J connectivity index is 1.43. The molecule has 34 heavy (non-hydrogen) atoms. The molecule has 2 aromatic heterocycles. The molecule has 2 aromatic carbocycles. The first-order valence-electron chi connectivity index (χ1n) is 11.0. The van der Waals surface area contributed by atoms with Crippen LogP contribution in [0.2, 0.25) is 5.02 Å². The van der Waals surface area contributed by atoms with Crippen LogP contribution in [0, 0.1) is 6.92 Å². The number of imidazole rings is 1. The average molecular weight is 474 g/mol. The Labute approximate surface area is 202 Å². The number of carbonyl (C=O) groups is 1. The van der Waals surface area contributed by atoms with Crippen LogP contribution in [0.25, 0.3) is 11.0 Å². The first-order valence-corrected chi connectivity index (χ1v) is 11.4. The molecule has 0 radical (unpaired) electrons. The number of hydrogen-bond donors (Lipinski definition) is 3. The number of amides is 1. The van der Waals surface area contributed by atoms with E-state index in [1.807, 2.05) is 54.3 Å². The van der Waals surface area contributed by atoms with Gasteiger partial charge in [-0.25, -0.2) is 4.98 Å². The highest BCUT2D eigenvalue weighted by Crippen LogP contribution is 2.29. The molecule has 0 bridgehead atoms. The predicted molar refractivity (Wildman–Crippen MR) is 133 cm³/mol. The predicted octanol–water partition coefficient (Wildman–Crippen LogP) is 4.55. The largest absolute Gasteiger partial charge is 0.374 e. The zero-order valence-corrected chi connectivity index (χ0v) is 19.3. The number of halogens is 1. The molecule has 4 aromatic rings. The minimum atomic E-state index is -0.693. The number of aliphatic hydroxyl groups is 1. The van der Waals surface area contributed by atoms with E-state index in [1.165, 1.54) is 0 Å². The second-order valence-corrected chi connectivity index (χ2v) is 8.80. The summed E-state index contributed by atoms with van der Waals surface area (Å²) in [5.41, 5.74) is 4.57. The van der Waals surface area contributed by atoms with E-state index in [1.54, 1.807) is 30.6 Å². The number of fused-ring (bicyclic) bond motifs is 1. The minimum absolute atomic E-state index is 0.241. The summed E-state index contributed by atoms with van der Waals surface area (Å²) >= 11 is 6.12. The van der Waals surface area contributed by atoms with Crippen molar-refractivity contribution in [1.82, 2.24) is 19.9 Å². The van der Waals surface area contributed by atoms with E-state index in [-0.39, 0.29) is 5.91 Å². The lowest BCUT2D eigenvalue weighted by Gasteiger charge is -2.24. The highest BCUT2D eigenvalue weighted by molar-refractivity contribution is 6.31. The quantitative estimate of drug-likeness (QED) is 0.357. The molecule has 0 aliphatic carbocycles. The summed E-state index contributed by atoms with van der Waals surface area (Å²) in [5, 5.41) is 14.3. The SMILES string of the molecule is Cc1cc(NC(=O)C(c2cccnc2)c2nc3ccc(Cl)cc3[nH]2)ccc1C(O)N1CC=CC1. The number of carbonyl (C=O) groups excluding carboxylic acids is 1. The monoisotopic (exact) mass is 473 g/mol. The van der Waals surface area contributed by atoms with Gasteiger partial charge in [0.1, 0.15) is 18.0 Å². The van der Waals surface area contributed by atoms with E-state index in [4.69, 9.17) is 11.6 Å². The van der Waals surface area contributed by atoms with Crippen LogP contribution in [-0.4, -0.2) is 44.0 Å². The molecule has 1 aliphatic rings. The smallest absolute Gasteiger partial charge is 0.239 e. The second-order valence-electron chi connectivity index (χ2n) is 8.36. The van der Waals surface area contributed by atoms with Crippen molar-refractivity contribution in [3.63, 3.8) is 0 Å². The van der Waals surface area contributed by atoms with Gasteiger partial charge in [0.15, 0.2) is 0 Å². The highest BCUT2D eigenvalue weighted by atomic mass is 35.5. The molecule has 0 saturated heterocycles. The number of anilines is 1. The van der Waals surface area contributed by atoms with Gasteiger partial charge >= 0.3 is 0 Å². The van der Waals surface area contributed by atoms with Crippen molar-refractivity contribution in [3.05, 3.63) is 101 Å². The molecule has 1 amide bonds. The van der Waals surface area contributed by atoms with Gasteiger partial charge in [-0.1, -0.05) is 35.9 Å². The van der Waals surface area contributed by atoms with E-state index >= 15 is 0 Å². The fraction of sp³-hybridized carbons (Fsp3) is 0.192. The number of aliphatic hydroxyl groups excluding tert-OH is 1. The van der Waals surface area contributed by atoms with Gasteiger partial charge in [0.2, 0.25) is 5.91 Å². The molecule has 8 heteroatoms. The minimum Gasteiger partial charge on any atom is -0.374 e. The lowest BCUT2D eigenvalue weighted by atomic mass is 9.98. The molecule has 0 saturated carbocycles. The number of benzene rings is 2. The Morgan fingerprint density at radius 2 is 2.00 bits per heavy atom. The van der Waals surface area contributed by atoms with Crippen molar-refractivity contribution in [1.29, 1.82) is 0 Å². The first kappa shape index (κ1) is 22.3. The van der Waals surface area contributed by atoms with Gasteiger partial charge in [-0.15, -0.1) is 0 Å². The van der Waals surface area contributed by atoms with Crippen LogP contribution in [-0.2, 0) is 4.79 Å². The fourth-order valence-electron chi connectivity index (χ4n) is 4.27. The van der Waals surface area contributed by atoms with Crippen molar-refractivity contribution in [2.75, 3.05) is 18.4 Å². The zero-order valence-electron chi connectivity index (χ0n) is 18.6. The standard InChI is InChI=1S/C26H24ClN5O2/c1-16-13-19(7-8-20(16)26(34)32-11-2-3-12-32)29-25(33)23(17-5-4-10-28-15-17)24-30-21-9-6-18(27)14-22(21)31-24/h2-10,13-15,23,26,34H,11-12H2,1H3,(H,29,33)(H,30,31). The van der Waals surface area contributed by atoms with E-state index < -0.39 is 12.1 Å². The summed E-state index contributed by atoms with van der Waals surface area (Å²) in [7, 11) is 0. The van der Waals surface area contributed by atoms with Gasteiger partial charge in [0.25, 0.3) is 0 Å². The Hall–Kier alpha value is -3.52. The second kappa shape index (κ2) is 9.38. The third kappa shape index (κ3) is 4.46. The summed E-state index contributed by atoms with van der Waals surface area (Å²) in [6, 6.07) is 14.6. The normalized spacial score (nSPS) is 15.5. The summed E-state index contributed by atoms with van der Waals surface area (Å²) in [6.45, 7) is 3.36. The number of aromatic nitrogens is 3. The molecule has 3 heterocycles. The van der Waals surface area contributed by atoms with Gasteiger partial charge in [0, 0.05) is 36.2 Å². The van der Waals surface area contributed by atoms with Crippen LogP contribution in [0.5, 0.6) is 0 Å². The average Bonchev–Trinajstić information content (AvgIpc) is 3.49. The van der Waals surface area contributed by atoms with Crippen LogP contribution >= 0.6 is 11.6 Å². The lowest BCUT2D eigenvalue weighted by Crippen LogP contribution is -2.26. The molecule has 7 nitrogen and oxygen atoms in total. The van der Waals surface area contributed by atoms with Crippen LogP contribution < -0.4 is 5.32 Å². The Kier molecular flexibility index (Phi) is 6.15. The summed E-state index contributed by atoms with van der Waals surface area (Å²) in [6.07, 6.45) is 6.72. The van der Waals surface area contributed by atoms with Crippen molar-refractivity contribution < 1.29 is 9.90 Å². The third-order valence-electron chi connectivity index (χ3n) is 6.02. The summed E-state index contributed by atoms with van der Waals surface area (Å²) < 4.78 is 0. The molecule has 0 fully saturated rings. The number of hydrogen-bond acceptors (Lipinski definition) is 5. The molecule has 5 rings (SSSR count). The van der Waals surface area contributed by atoms with E-state index in [0.717, 1.165) is 27.7 Å². The molecule has 2 atom stereocenters. The van der Waals surface area contributed by atoms with Gasteiger partial charge in [-0.2, -0.15) is 0 Å². The molecule has 3 N–H and O–H groups in total. The summed E-state index contributed by atoms with van der Waals surface area (Å²) in [4.78, 5) is 27.5. The van der Waals surface area contributed by atoms with Crippen molar-refractivity contribution in [3.8, 4) is 0 Å². The number of aryl methyl sites for hydroxylation is 1. The van der Waals surface area contributed by atoms with Gasteiger partial charge in [-0.3, -0.25) is 14.7 Å². The number of H-pyrrole nitrogens is 1. The Bertz CT molecular complexity index is 1360. The number of rotatable bonds is 6. The van der Waals surface area contributed by atoms with Gasteiger partial charge in [0.05, 0.1) is 11.0 Å². The molecule has 1 aliphatic heterocycles. The van der Waals surface area contributed by atoms with Crippen LogP contribution in [0.15, 0.2) is 73.1 Å². The number of aromatic amines is 1. The topological polar surface area (TPSA) is 94.1 Å². The lowest BCUT2D eigenvalue weighted by molar-refractivity contribution is -0.116. The fourth-order valence-corrected chi connectivity index (χ4v) is 4.44. The highest BCUT2D eigenvalue weighted by Gasteiger charge is 2.27. The number of pyridine rings is 1.